The van der Waals surface area contributed by atoms with E-state index in [-0.39, 0.29) is 23.6 Å². The number of nitrogens with one attached hydrogen (secondary N) is 1. The summed E-state index contributed by atoms with van der Waals surface area (Å²) in [5.74, 6) is -0.454. The van der Waals surface area contributed by atoms with Gasteiger partial charge < -0.3 is 19.4 Å². The molecule has 2 aromatic rings. The Bertz CT molecular complexity index is 712. The summed E-state index contributed by atoms with van der Waals surface area (Å²) in [6, 6.07) is 3.08. The van der Waals surface area contributed by atoms with E-state index in [9.17, 15) is 9.59 Å². The first-order valence-corrected chi connectivity index (χ1v) is 8.09. The topological polar surface area (TPSA) is 106 Å². The normalized spacial score (nSPS) is 11.0. The standard InChI is InChI=1S/C17H22N2O5/c1-4-10(5-2)13-7-11(24-19-13)9-18-16(20)15-8-12(17(21)22)14(6-3)23-15/h7-8,10H,4-6,9H2,1-3H3,(H,18,20)(H,21,22). The monoisotopic (exact) mass is 334 g/mol. The summed E-state index contributed by atoms with van der Waals surface area (Å²) < 4.78 is 10.5. The van der Waals surface area contributed by atoms with Crippen molar-refractivity contribution in [1.82, 2.24) is 10.5 Å². The molecule has 7 nitrogen and oxygen atoms in total. The van der Waals surface area contributed by atoms with Crippen molar-refractivity contribution in [3.05, 3.63) is 40.7 Å². The van der Waals surface area contributed by atoms with Crippen molar-refractivity contribution < 1.29 is 23.6 Å². The highest BCUT2D eigenvalue weighted by atomic mass is 16.5. The van der Waals surface area contributed by atoms with Gasteiger partial charge in [0, 0.05) is 24.5 Å². The van der Waals surface area contributed by atoms with E-state index in [0.29, 0.717) is 18.1 Å². The number of amides is 1. The third-order valence-corrected chi connectivity index (χ3v) is 3.99. The van der Waals surface area contributed by atoms with Crippen molar-refractivity contribution in [2.75, 3.05) is 0 Å². The van der Waals surface area contributed by atoms with E-state index in [0.717, 1.165) is 18.5 Å². The second-order valence-electron chi connectivity index (χ2n) is 5.52. The number of nitrogens with zero attached hydrogens (tertiary/aromatic N) is 1. The molecule has 130 valence electrons. The van der Waals surface area contributed by atoms with Gasteiger partial charge in [-0.15, -0.1) is 0 Å². The molecule has 0 unspecified atom stereocenters. The number of aromatic carboxylic acids is 1. The molecule has 24 heavy (non-hydrogen) atoms. The maximum atomic E-state index is 12.1. The van der Waals surface area contributed by atoms with Crippen LogP contribution in [0.25, 0.3) is 0 Å². The number of hydrogen-bond donors (Lipinski definition) is 2. The summed E-state index contributed by atoms with van der Waals surface area (Å²) in [6.45, 7) is 6.11. The Kier molecular flexibility index (Phi) is 5.78. The fraction of sp³-hybridized carbons (Fsp3) is 0.471. The molecule has 2 rings (SSSR count). The first-order chi connectivity index (χ1) is 11.5. The van der Waals surface area contributed by atoms with Gasteiger partial charge in [0.15, 0.2) is 11.5 Å². The molecule has 0 radical (unpaired) electrons. The van der Waals surface area contributed by atoms with Gasteiger partial charge in [0.05, 0.1) is 12.2 Å². The quantitative estimate of drug-likeness (QED) is 0.767. The molecule has 1 amide bonds. The van der Waals surface area contributed by atoms with Gasteiger partial charge in [-0.1, -0.05) is 25.9 Å². The van der Waals surface area contributed by atoms with Crippen LogP contribution in [0.4, 0.5) is 0 Å². The number of carboxylic acid groups (broad SMARTS) is 1. The van der Waals surface area contributed by atoms with Gasteiger partial charge in [0.1, 0.15) is 11.3 Å². The van der Waals surface area contributed by atoms with E-state index in [4.69, 9.17) is 14.0 Å². The lowest BCUT2D eigenvalue weighted by Crippen LogP contribution is -2.22. The first kappa shape index (κ1) is 17.8. The summed E-state index contributed by atoms with van der Waals surface area (Å²) in [4.78, 5) is 23.2. The highest BCUT2D eigenvalue weighted by Crippen LogP contribution is 2.22. The van der Waals surface area contributed by atoms with Crippen molar-refractivity contribution >= 4 is 11.9 Å². The van der Waals surface area contributed by atoms with Crippen LogP contribution in [0, 0.1) is 0 Å². The molecule has 2 N–H and O–H groups in total. The lowest BCUT2D eigenvalue weighted by molar-refractivity contribution is 0.0694. The Hall–Kier alpha value is -2.57. The molecular formula is C17H22N2O5. The number of aromatic nitrogens is 1. The zero-order chi connectivity index (χ0) is 17.7. The van der Waals surface area contributed by atoms with E-state index in [2.05, 4.69) is 24.3 Å². The molecule has 0 aliphatic rings. The second-order valence-corrected chi connectivity index (χ2v) is 5.52. The van der Waals surface area contributed by atoms with Gasteiger partial charge in [0.25, 0.3) is 5.91 Å². The third kappa shape index (κ3) is 3.84. The van der Waals surface area contributed by atoms with Gasteiger partial charge in [-0.05, 0) is 12.8 Å². The number of furan rings is 1. The van der Waals surface area contributed by atoms with Crippen LogP contribution in [0.2, 0.25) is 0 Å². The number of aryl methyl sites for hydroxylation is 1. The molecule has 7 heteroatoms. The predicted molar refractivity (Wildman–Crippen MR) is 86.0 cm³/mol. The maximum Gasteiger partial charge on any atom is 0.339 e. The number of carbonyl (C=O) groups is 2. The van der Waals surface area contributed by atoms with E-state index in [1.54, 1.807) is 6.92 Å². The summed E-state index contributed by atoms with van der Waals surface area (Å²) in [5.41, 5.74) is 0.891. The molecule has 2 heterocycles. The Morgan fingerprint density at radius 2 is 1.96 bits per heavy atom. The number of hydrogen-bond acceptors (Lipinski definition) is 5. The molecular weight excluding hydrogens is 312 g/mol. The number of carboxylic acids is 1. The van der Waals surface area contributed by atoms with Gasteiger partial charge in [0.2, 0.25) is 0 Å². The molecule has 2 aromatic heterocycles. The minimum absolute atomic E-state index is 0.0123. The highest BCUT2D eigenvalue weighted by molar-refractivity contribution is 5.96. The first-order valence-electron chi connectivity index (χ1n) is 8.09. The fourth-order valence-electron chi connectivity index (χ4n) is 2.55. The molecule has 0 fully saturated rings. The Balaban J connectivity index is 2.02. The summed E-state index contributed by atoms with van der Waals surface area (Å²) in [7, 11) is 0. The average Bonchev–Trinajstić information content (AvgIpc) is 3.21. The van der Waals surface area contributed by atoms with Crippen LogP contribution in [0.15, 0.2) is 21.1 Å². The van der Waals surface area contributed by atoms with Gasteiger partial charge in [-0.3, -0.25) is 4.79 Å². The van der Waals surface area contributed by atoms with Crippen LogP contribution >= 0.6 is 0 Å². The van der Waals surface area contributed by atoms with Crippen LogP contribution < -0.4 is 5.32 Å². The zero-order valence-corrected chi connectivity index (χ0v) is 14.1. The molecule has 0 bridgehead atoms. The van der Waals surface area contributed by atoms with Crippen LogP contribution in [-0.4, -0.2) is 22.1 Å². The largest absolute Gasteiger partial charge is 0.478 e. The van der Waals surface area contributed by atoms with Gasteiger partial charge in [-0.25, -0.2) is 4.79 Å². The molecule has 0 saturated carbocycles. The van der Waals surface area contributed by atoms with Crippen molar-refractivity contribution in [3.63, 3.8) is 0 Å². The van der Waals surface area contributed by atoms with Crippen LogP contribution in [0.5, 0.6) is 0 Å². The van der Waals surface area contributed by atoms with Crippen molar-refractivity contribution in [2.24, 2.45) is 0 Å². The molecule has 0 spiro atoms. The fourth-order valence-corrected chi connectivity index (χ4v) is 2.55. The number of carbonyl (C=O) groups excluding carboxylic acids is 1. The lowest BCUT2D eigenvalue weighted by atomic mass is 9.99. The average molecular weight is 334 g/mol. The SMILES string of the molecule is CCc1oc(C(=O)NCc2cc(C(CC)CC)no2)cc1C(=O)O. The summed E-state index contributed by atoms with van der Waals surface area (Å²) in [5, 5.41) is 15.8. The maximum absolute atomic E-state index is 12.1. The van der Waals surface area contributed by atoms with Gasteiger partial charge >= 0.3 is 5.97 Å². The van der Waals surface area contributed by atoms with E-state index in [1.807, 2.05) is 6.07 Å². The summed E-state index contributed by atoms with van der Waals surface area (Å²) in [6.07, 6.45) is 2.34. The summed E-state index contributed by atoms with van der Waals surface area (Å²) >= 11 is 0. The van der Waals surface area contributed by atoms with Gasteiger partial charge in [-0.2, -0.15) is 0 Å². The molecule has 0 atom stereocenters. The second kappa shape index (κ2) is 7.81. The van der Waals surface area contributed by atoms with Crippen LogP contribution in [0.3, 0.4) is 0 Å². The van der Waals surface area contributed by atoms with Crippen molar-refractivity contribution in [1.29, 1.82) is 0 Å². The van der Waals surface area contributed by atoms with E-state index >= 15 is 0 Å². The molecule has 0 saturated heterocycles. The van der Waals surface area contributed by atoms with Crippen molar-refractivity contribution in [3.8, 4) is 0 Å². The van der Waals surface area contributed by atoms with E-state index in [1.165, 1.54) is 6.07 Å². The lowest BCUT2D eigenvalue weighted by Gasteiger charge is -2.05. The zero-order valence-electron chi connectivity index (χ0n) is 14.1. The Morgan fingerprint density at radius 3 is 2.50 bits per heavy atom. The number of rotatable bonds is 8. The molecule has 0 aromatic carbocycles. The van der Waals surface area contributed by atoms with E-state index < -0.39 is 11.9 Å². The van der Waals surface area contributed by atoms with Crippen LogP contribution in [0.1, 0.15) is 77.7 Å². The Labute approximate surface area is 140 Å². The third-order valence-electron chi connectivity index (χ3n) is 3.99. The predicted octanol–water partition coefficient (Wildman–Crippen LogP) is 3.36. The molecule has 0 aliphatic heterocycles. The minimum atomic E-state index is -1.11. The minimum Gasteiger partial charge on any atom is -0.478 e. The van der Waals surface area contributed by atoms with Crippen molar-refractivity contribution in [2.45, 2.75) is 52.5 Å². The molecule has 0 aliphatic carbocycles. The van der Waals surface area contributed by atoms with Crippen LogP contribution in [-0.2, 0) is 13.0 Å². The smallest absolute Gasteiger partial charge is 0.339 e. The Morgan fingerprint density at radius 1 is 1.25 bits per heavy atom. The highest BCUT2D eigenvalue weighted by Gasteiger charge is 2.20.